The van der Waals surface area contributed by atoms with Crippen LogP contribution in [-0.4, -0.2) is 27.3 Å². The third-order valence-electron chi connectivity index (χ3n) is 4.71. The molecule has 0 fully saturated rings. The molecule has 0 saturated heterocycles. The normalized spacial score (nSPS) is 21.6. The van der Waals surface area contributed by atoms with Gasteiger partial charge in [-0.3, -0.25) is 4.79 Å². The fraction of sp³-hybridized carbons (Fsp3) is 0.333. The topological polar surface area (TPSA) is 107 Å². The molecule has 0 saturated carbocycles. The number of hydrogen-bond donors (Lipinski definition) is 1. The van der Waals surface area contributed by atoms with Gasteiger partial charge >= 0.3 is 6.36 Å². The number of benzene rings is 1. The summed E-state index contributed by atoms with van der Waals surface area (Å²) in [7, 11) is 0. The van der Waals surface area contributed by atoms with Crippen molar-refractivity contribution in [3.05, 3.63) is 43.5 Å². The number of carbonyl (C=O) groups is 1. The second-order valence-corrected chi connectivity index (χ2v) is 9.03. The lowest BCUT2D eigenvalue weighted by molar-refractivity contribution is -0.304. The lowest BCUT2D eigenvalue weighted by atomic mass is 9.71. The molecule has 0 radical (unpaired) electrons. The van der Waals surface area contributed by atoms with Gasteiger partial charge in [-0.25, -0.2) is 0 Å². The minimum absolute atomic E-state index is 0.0150. The number of fused-ring (bicyclic) bond motifs is 1. The van der Waals surface area contributed by atoms with E-state index < -0.39 is 35.4 Å². The van der Waals surface area contributed by atoms with E-state index in [1.807, 2.05) is 6.07 Å². The molecule has 1 aromatic heterocycles. The Morgan fingerprint density at radius 2 is 2.00 bits per heavy atom. The summed E-state index contributed by atoms with van der Waals surface area (Å²) in [5.41, 5.74) is 4.05. The van der Waals surface area contributed by atoms with Crippen molar-refractivity contribution in [3.63, 3.8) is 0 Å². The SMILES string of the molecule is CC(C)C1=C(OC(F)(F)F)C=CC(C#N)(C(N)=O)C1n1nc2c(Br)cc(Cl)c(Br)c2n1. The number of rotatable bonds is 4. The highest BCUT2D eigenvalue weighted by Gasteiger charge is 2.52. The number of primary amides is 1. The van der Waals surface area contributed by atoms with E-state index in [0.29, 0.717) is 19.5 Å². The molecular weight excluding hydrogens is 570 g/mol. The average Bonchev–Trinajstić information content (AvgIpc) is 3.10. The van der Waals surface area contributed by atoms with Crippen molar-refractivity contribution in [1.82, 2.24) is 15.0 Å². The number of aromatic nitrogens is 3. The molecule has 164 valence electrons. The van der Waals surface area contributed by atoms with E-state index in [4.69, 9.17) is 17.3 Å². The number of hydrogen-bond acceptors (Lipinski definition) is 5. The third-order valence-corrected chi connectivity index (χ3v) is 6.64. The molecular formula is C18H13Br2ClF3N5O2. The smallest absolute Gasteiger partial charge is 0.406 e. The Morgan fingerprint density at radius 1 is 1.39 bits per heavy atom. The van der Waals surface area contributed by atoms with Gasteiger partial charge in [-0.1, -0.05) is 25.4 Å². The van der Waals surface area contributed by atoms with E-state index in [1.54, 1.807) is 19.9 Å². The van der Waals surface area contributed by atoms with Crippen LogP contribution in [0.4, 0.5) is 13.2 Å². The molecule has 1 heterocycles. The predicted molar refractivity (Wildman–Crippen MR) is 112 cm³/mol. The molecule has 1 amide bonds. The molecule has 0 spiro atoms. The molecule has 1 aromatic carbocycles. The van der Waals surface area contributed by atoms with Crippen LogP contribution in [0.3, 0.4) is 0 Å². The maximum absolute atomic E-state index is 13.0. The first-order valence-electron chi connectivity index (χ1n) is 8.62. The summed E-state index contributed by atoms with van der Waals surface area (Å²) >= 11 is 12.8. The highest BCUT2D eigenvalue weighted by atomic mass is 79.9. The molecule has 3 rings (SSSR count). The Bertz CT molecular complexity index is 1190. The van der Waals surface area contributed by atoms with Gasteiger partial charge in [0.1, 0.15) is 22.8 Å². The molecule has 13 heteroatoms. The molecule has 31 heavy (non-hydrogen) atoms. The third kappa shape index (κ3) is 4.06. The number of allylic oxidation sites excluding steroid dienone is 2. The summed E-state index contributed by atoms with van der Waals surface area (Å²) in [6.45, 7) is 3.19. The first-order valence-corrected chi connectivity index (χ1v) is 10.6. The Morgan fingerprint density at radius 3 is 2.52 bits per heavy atom. The molecule has 2 aromatic rings. The average molecular weight is 584 g/mol. The van der Waals surface area contributed by atoms with Crippen molar-refractivity contribution in [2.45, 2.75) is 26.3 Å². The van der Waals surface area contributed by atoms with Gasteiger partial charge in [0.2, 0.25) is 5.91 Å². The van der Waals surface area contributed by atoms with Gasteiger partial charge in [-0.2, -0.15) is 20.3 Å². The number of nitriles is 1. The van der Waals surface area contributed by atoms with Crippen LogP contribution in [0.25, 0.3) is 11.0 Å². The lowest BCUT2D eigenvalue weighted by Crippen LogP contribution is -2.46. The number of alkyl halides is 3. The van der Waals surface area contributed by atoms with Crippen molar-refractivity contribution in [1.29, 1.82) is 5.26 Å². The summed E-state index contributed by atoms with van der Waals surface area (Å²) in [5, 5.41) is 18.9. The summed E-state index contributed by atoms with van der Waals surface area (Å²) in [5.74, 6) is -2.22. The van der Waals surface area contributed by atoms with E-state index >= 15 is 0 Å². The van der Waals surface area contributed by atoms with Gasteiger partial charge in [0.05, 0.1) is 15.6 Å². The van der Waals surface area contributed by atoms with Gasteiger partial charge in [-0.15, -0.1) is 13.2 Å². The second kappa shape index (κ2) is 8.11. The summed E-state index contributed by atoms with van der Waals surface area (Å²) in [4.78, 5) is 13.4. The van der Waals surface area contributed by atoms with Crippen LogP contribution in [-0.2, 0) is 9.53 Å². The number of nitrogens with zero attached hydrogens (tertiary/aromatic N) is 4. The first kappa shape index (κ1) is 23.6. The molecule has 1 aliphatic carbocycles. The quantitative estimate of drug-likeness (QED) is 0.501. The molecule has 1 aliphatic rings. The molecule has 7 nitrogen and oxygen atoms in total. The zero-order chi connectivity index (χ0) is 23.3. The Labute approximate surface area is 195 Å². The Balaban J connectivity index is 2.37. The minimum atomic E-state index is -4.99. The molecule has 0 bridgehead atoms. The van der Waals surface area contributed by atoms with Gasteiger partial charge in [0.15, 0.2) is 5.41 Å². The zero-order valence-corrected chi connectivity index (χ0v) is 19.8. The number of carbonyl (C=O) groups excluding carboxylic acids is 1. The van der Waals surface area contributed by atoms with E-state index in [2.05, 4.69) is 46.8 Å². The van der Waals surface area contributed by atoms with E-state index in [1.165, 1.54) is 0 Å². The zero-order valence-electron chi connectivity index (χ0n) is 15.8. The largest absolute Gasteiger partial charge is 0.573 e. The van der Waals surface area contributed by atoms with Crippen LogP contribution in [0.1, 0.15) is 19.9 Å². The summed E-state index contributed by atoms with van der Waals surface area (Å²) in [6, 6.07) is 1.99. The van der Waals surface area contributed by atoms with E-state index in [-0.39, 0.29) is 11.1 Å². The van der Waals surface area contributed by atoms with Crippen molar-refractivity contribution < 1.29 is 22.7 Å². The maximum atomic E-state index is 13.0. The molecule has 2 atom stereocenters. The number of ether oxygens (including phenoxy) is 1. The standard InChI is InChI=1S/C18H13Br2ClF3N5O2/c1-7(2)11-10(31-18(22,23)24)3-4-17(6-25,16(26)30)15(11)29-27-13-8(19)5-9(21)12(20)14(13)28-29/h3-5,7,15H,1-2H3,(H2,26,30). The van der Waals surface area contributed by atoms with Crippen LogP contribution in [0, 0.1) is 22.7 Å². The van der Waals surface area contributed by atoms with Crippen LogP contribution >= 0.6 is 43.5 Å². The Hall–Kier alpha value is -2.10. The summed E-state index contributed by atoms with van der Waals surface area (Å²) < 4.78 is 44.2. The van der Waals surface area contributed by atoms with Gasteiger partial charge in [0, 0.05) is 10.0 Å². The molecule has 0 aliphatic heterocycles. The van der Waals surface area contributed by atoms with Crippen LogP contribution in [0.2, 0.25) is 5.02 Å². The van der Waals surface area contributed by atoms with Gasteiger partial charge < -0.3 is 10.5 Å². The monoisotopic (exact) mass is 581 g/mol. The van der Waals surface area contributed by atoms with Crippen molar-refractivity contribution >= 4 is 60.4 Å². The van der Waals surface area contributed by atoms with Crippen LogP contribution in [0.15, 0.2) is 38.5 Å². The van der Waals surface area contributed by atoms with Crippen molar-refractivity contribution in [3.8, 4) is 6.07 Å². The number of halogens is 6. The Kier molecular flexibility index (Phi) is 6.16. The fourth-order valence-electron chi connectivity index (χ4n) is 3.37. The lowest BCUT2D eigenvalue weighted by Gasteiger charge is -2.36. The maximum Gasteiger partial charge on any atom is 0.573 e. The highest BCUT2D eigenvalue weighted by molar-refractivity contribution is 9.11. The van der Waals surface area contributed by atoms with Crippen LogP contribution < -0.4 is 5.73 Å². The fourth-order valence-corrected chi connectivity index (χ4v) is 4.58. The number of nitrogens with two attached hydrogens (primary N) is 1. The molecule has 2 unspecified atom stereocenters. The predicted octanol–water partition coefficient (Wildman–Crippen LogP) is 5.16. The van der Waals surface area contributed by atoms with E-state index in [9.17, 15) is 23.2 Å². The first-order chi connectivity index (χ1) is 14.3. The summed E-state index contributed by atoms with van der Waals surface area (Å²) in [6.07, 6.45) is -3.08. The van der Waals surface area contributed by atoms with Gasteiger partial charge in [-0.05, 0) is 56.0 Å². The highest BCUT2D eigenvalue weighted by Crippen LogP contribution is 2.47. The van der Waals surface area contributed by atoms with Crippen molar-refractivity contribution in [2.24, 2.45) is 17.1 Å². The van der Waals surface area contributed by atoms with E-state index in [0.717, 1.165) is 16.9 Å². The van der Waals surface area contributed by atoms with Crippen molar-refractivity contribution in [2.75, 3.05) is 0 Å². The van der Waals surface area contributed by atoms with Gasteiger partial charge in [0.25, 0.3) is 0 Å². The number of amides is 1. The molecule has 2 N–H and O–H groups in total. The van der Waals surface area contributed by atoms with Crippen LogP contribution in [0.5, 0.6) is 0 Å². The second-order valence-electron chi connectivity index (χ2n) is 6.97. The minimum Gasteiger partial charge on any atom is -0.406 e.